The number of amides is 3. The van der Waals surface area contributed by atoms with Gasteiger partial charge in [-0.05, 0) is 44.4 Å². The summed E-state index contributed by atoms with van der Waals surface area (Å²) in [6.07, 6.45) is -3.93. The molecule has 1 heterocycles. The van der Waals surface area contributed by atoms with E-state index in [2.05, 4.69) is 10.6 Å². The van der Waals surface area contributed by atoms with Crippen LogP contribution in [0.3, 0.4) is 0 Å². The molecule has 0 radical (unpaired) electrons. The third kappa shape index (κ3) is 4.28. The number of rotatable bonds is 4. The number of likely N-dealkylation sites (tertiary alicyclic amines) is 1. The molecule has 1 aromatic rings. The number of hydrogen-bond donors (Lipinski definition) is 2. The summed E-state index contributed by atoms with van der Waals surface area (Å²) in [7, 11) is 1.54. The molecule has 5 nitrogen and oxygen atoms in total. The largest absolute Gasteiger partial charge is 0.394 e. The second-order valence-electron chi connectivity index (χ2n) is 6.95. The summed E-state index contributed by atoms with van der Waals surface area (Å²) in [6.45, 7) is 3.25. The second kappa shape index (κ2) is 7.55. The van der Waals surface area contributed by atoms with Crippen LogP contribution in [-0.4, -0.2) is 48.7 Å². The summed E-state index contributed by atoms with van der Waals surface area (Å²) in [5, 5.41) is 5.22. The standard InChI is InChI=1S/C18H24F3N3O2/c1-17(2)14(18(19,20)21)8-10-24(17)16(26)23-9-7-12-5-4-6-13(11-12)15(25)22-3/h4-6,11,14H,7-10H2,1-3H3,(H,22,25)(H,23,26). The molecular formula is C18H24F3N3O2. The SMILES string of the molecule is CNC(=O)c1cccc(CCNC(=O)N2CCC(C(F)(F)F)C2(C)C)c1. The molecule has 0 bridgehead atoms. The Labute approximate surface area is 150 Å². The Morgan fingerprint density at radius 2 is 2.00 bits per heavy atom. The van der Waals surface area contributed by atoms with Crippen molar-refractivity contribution < 1.29 is 22.8 Å². The Bertz CT molecular complexity index is 674. The van der Waals surface area contributed by atoms with Crippen molar-refractivity contribution in [3.05, 3.63) is 35.4 Å². The van der Waals surface area contributed by atoms with Crippen LogP contribution in [0.2, 0.25) is 0 Å². The van der Waals surface area contributed by atoms with Gasteiger partial charge in [0.25, 0.3) is 5.91 Å². The Kier molecular flexibility index (Phi) is 5.83. The molecule has 1 fully saturated rings. The van der Waals surface area contributed by atoms with Gasteiger partial charge in [0.15, 0.2) is 0 Å². The third-order valence-electron chi connectivity index (χ3n) is 4.94. The maximum absolute atomic E-state index is 13.1. The predicted octanol–water partition coefficient (Wildman–Crippen LogP) is 2.96. The van der Waals surface area contributed by atoms with Gasteiger partial charge in [-0.15, -0.1) is 0 Å². The van der Waals surface area contributed by atoms with E-state index in [-0.39, 0.29) is 25.4 Å². The lowest BCUT2D eigenvalue weighted by Gasteiger charge is -2.36. The first-order valence-corrected chi connectivity index (χ1v) is 8.50. The summed E-state index contributed by atoms with van der Waals surface area (Å²) in [6, 6.07) is 6.50. The van der Waals surface area contributed by atoms with E-state index < -0.39 is 23.7 Å². The molecule has 1 saturated heterocycles. The van der Waals surface area contributed by atoms with Crippen molar-refractivity contribution in [3.63, 3.8) is 0 Å². The molecule has 1 aliphatic rings. The molecule has 1 unspecified atom stereocenters. The molecular weight excluding hydrogens is 347 g/mol. The zero-order valence-corrected chi connectivity index (χ0v) is 15.1. The molecule has 1 aliphatic heterocycles. The van der Waals surface area contributed by atoms with Crippen LogP contribution in [0.5, 0.6) is 0 Å². The molecule has 2 N–H and O–H groups in total. The van der Waals surface area contributed by atoms with Crippen LogP contribution in [0.1, 0.15) is 36.2 Å². The molecule has 26 heavy (non-hydrogen) atoms. The summed E-state index contributed by atoms with van der Waals surface area (Å²) in [4.78, 5) is 25.2. The highest BCUT2D eigenvalue weighted by molar-refractivity contribution is 5.94. The van der Waals surface area contributed by atoms with Crippen molar-refractivity contribution >= 4 is 11.9 Å². The number of hydrogen-bond acceptors (Lipinski definition) is 2. The quantitative estimate of drug-likeness (QED) is 0.855. The normalized spacial score (nSPS) is 19.3. The number of benzene rings is 1. The topological polar surface area (TPSA) is 61.4 Å². The minimum Gasteiger partial charge on any atom is -0.355 e. The molecule has 1 aromatic carbocycles. The number of urea groups is 1. The Hall–Kier alpha value is -2.25. The lowest BCUT2D eigenvalue weighted by Crippen LogP contribution is -2.53. The number of alkyl halides is 3. The molecule has 0 saturated carbocycles. The highest BCUT2D eigenvalue weighted by Crippen LogP contribution is 2.44. The number of nitrogens with zero attached hydrogens (tertiary/aromatic N) is 1. The van der Waals surface area contributed by atoms with Crippen molar-refractivity contribution in [1.29, 1.82) is 0 Å². The van der Waals surface area contributed by atoms with Gasteiger partial charge in [0, 0.05) is 25.7 Å². The smallest absolute Gasteiger partial charge is 0.355 e. The van der Waals surface area contributed by atoms with Crippen molar-refractivity contribution in [2.75, 3.05) is 20.1 Å². The molecule has 2 rings (SSSR count). The molecule has 8 heteroatoms. The molecule has 0 aromatic heterocycles. The van der Waals surface area contributed by atoms with Crippen LogP contribution < -0.4 is 10.6 Å². The van der Waals surface area contributed by atoms with E-state index in [9.17, 15) is 22.8 Å². The van der Waals surface area contributed by atoms with Crippen LogP contribution in [0.4, 0.5) is 18.0 Å². The van der Waals surface area contributed by atoms with E-state index in [1.54, 1.807) is 25.2 Å². The van der Waals surface area contributed by atoms with Gasteiger partial charge in [0.2, 0.25) is 0 Å². The lowest BCUT2D eigenvalue weighted by atomic mass is 9.88. The first kappa shape index (κ1) is 20.1. The van der Waals surface area contributed by atoms with Crippen molar-refractivity contribution in [3.8, 4) is 0 Å². The summed E-state index contributed by atoms with van der Waals surface area (Å²) in [5.74, 6) is -1.72. The zero-order chi connectivity index (χ0) is 19.5. The monoisotopic (exact) mass is 371 g/mol. The fraction of sp³-hybridized carbons (Fsp3) is 0.556. The van der Waals surface area contributed by atoms with E-state index in [0.29, 0.717) is 12.0 Å². The van der Waals surface area contributed by atoms with Crippen LogP contribution in [-0.2, 0) is 6.42 Å². The van der Waals surface area contributed by atoms with E-state index >= 15 is 0 Å². The fourth-order valence-corrected chi connectivity index (χ4v) is 3.44. The van der Waals surface area contributed by atoms with Gasteiger partial charge in [-0.25, -0.2) is 4.79 Å². The first-order valence-electron chi connectivity index (χ1n) is 8.50. The first-order chi connectivity index (χ1) is 12.1. The average Bonchev–Trinajstić information content (AvgIpc) is 2.89. The molecule has 3 amide bonds. The van der Waals surface area contributed by atoms with Crippen molar-refractivity contribution in [1.82, 2.24) is 15.5 Å². The maximum Gasteiger partial charge on any atom is 0.394 e. The molecule has 0 aliphatic carbocycles. The summed E-state index contributed by atoms with van der Waals surface area (Å²) in [5.41, 5.74) is 0.104. The summed E-state index contributed by atoms with van der Waals surface area (Å²) < 4.78 is 39.3. The predicted molar refractivity (Wildman–Crippen MR) is 91.9 cm³/mol. The minimum absolute atomic E-state index is 0.0785. The van der Waals surface area contributed by atoms with Crippen molar-refractivity contribution in [2.24, 2.45) is 5.92 Å². The Morgan fingerprint density at radius 1 is 1.31 bits per heavy atom. The number of nitrogens with one attached hydrogen (secondary N) is 2. The van der Waals surface area contributed by atoms with Gasteiger partial charge in [-0.1, -0.05) is 12.1 Å². The summed E-state index contributed by atoms with van der Waals surface area (Å²) >= 11 is 0. The Balaban J connectivity index is 1.93. The molecule has 0 spiro atoms. The fourth-order valence-electron chi connectivity index (χ4n) is 3.44. The van der Waals surface area contributed by atoms with Crippen LogP contribution >= 0.6 is 0 Å². The third-order valence-corrected chi connectivity index (χ3v) is 4.94. The van der Waals surface area contributed by atoms with Crippen LogP contribution in [0, 0.1) is 5.92 Å². The highest BCUT2D eigenvalue weighted by Gasteiger charge is 2.56. The van der Waals surface area contributed by atoms with Crippen LogP contribution in [0.25, 0.3) is 0 Å². The maximum atomic E-state index is 13.1. The van der Waals surface area contributed by atoms with Gasteiger partial charge < -0.3 is 15.5 Å². The van der Waals surface area contributed by atoms with Gasteiger partial charge in [-0.3, -0.25) is 4.79 Å². The van der Waals surface area contributed by atoms with Crippen molar-refractivity contribution in [2.45, 2.75) is 38.4 Å². The molecule has 1 atom stereocenters. The van der Waals surface area contributed by atoms with E-state index in [0.717, 1.165) is 5.56 Å². The number of carbonyl (C=O) groups is 2. The number of carbonyl (C=O) groups excluding carboxylic acids is 2. The average molecular weight is 371 g/mol. The molecule has 144 valence electrons. The minimum atomic E-state index is -4.32. The van der Waals surface area contributed by atoms with Gasteiger partial charge in [-0.2, -0.15) is 13.2 Å². The highest BCUT2D eigenvalue weighted by atomic mass is 19.4. The second-order valence-corrected chi connectivity index (χ2v) is 6.95. The van der Waals surface area contributed by atoms with Gasteiger partial charge in [0.05, 0.1) is 11.5 Å². The lowest BCUT2D eigenvalue weighted by molar-refractivity contribution is -0.189. The van der Waals surface area contributed by atoms with E-state index in [1.807, 2.05) is 6.07 Å². The zero-order valence-electron chi connectivity index (χ0n) is 15.1. The van der Waals surface area contributed by atoms with E-state index in [4.69, 9.17) is 0 Å². The van der Waals surface area contributed by atoms with Crippen LogP contribution in [0.15, 0.2) is 24.3 Å². The van der Waals surface area contributed by atoms with Gasteiger partial charge in [0.1, 0.15) is 0 Å². The van der Waals surface area contributed by atoms with Gasteiger partial charge >= 0.3 is 12.2 Å². The Morgan fingerprint density at radius 3 is 2.58 bits per heavy atom. The van der Waals surface area contributed by atoms with E-state index in [1.165, 1.54) is 18.7 Å². The number of halogens is 3.